The van der Waals surface area contributed by atoms with Gasteiger partial charge >= 0.3 is 6.18 Å². The maximum Gasteiger partial charge on any atom is 0.433 e. The zero-order valence-corrected chi connectivity index (χ0v) is 12.2. The van der Waals surface area contributed by atoms with Gasteiger partial charge < -0.3 is 15.0 Å². The molecule has 6 nitrogen and oxygen atoms in total. The van der Waals surface area contributed by atoms with Gasteiger partial charge in [-0.15, -0.1) is 0 Å². The fraction of sp³-hybridized carbons (Fsp3) is 0.500. The number of hydrogen-bond acceptors (Lipinski definition) is 5. The van der Waals surface area contributed by atoms with E-state index in [1.165, 1.54) is 0 Å². The van der Waals surface area contributed by atoms with Crippen LogP contribution in [0.15, 0.2) is 24.7 Å². The van der Waals surface area contributed by atoms with Crippen molar-refractivity contribution in [2.24, 2.45) is 5.92 Å². The lowest BCUT2D eigenvalue weighted by molar-refractivity contribution is -0.141. The summed E-state index contributed by atoms with van der Waals surface area (Å²) in [4.78, 5) is 16.2. The minimum atomic E-state index is -4.48. The Morgan fingerprint density at radius 3 is 2.57 bits per heavy atom. The molecule has 0 bridgehead atoms. The first kappa shape index (κ1) is 15.7. The average Bonchev–Trinajstić information content (AvgIpc) is 3.08. The zero-order chi connectivity index (χ0) is 16.4. The lowest BCUT2D eigenvalue weighted by Gasteiger charge is -2.33. The molecular weight excluding hydrogens is 311 g/mol. The van der Waals surface area contributed by atoms with Crippen molar-refractivity contribution in [2.45, 2.75) is 25.1 Å². The number of rotatable bonds is 3. The molecule has 3 heterocycles. The summed E-state index contributed by atoms with van der Waals surface area (Å²) in [5.41, 5.74) is -0.944. The van der Waals surface area contributed by atoms with E-state index in [1.807, 2.05) is 0 Å². The molecule has 2 aromatic heterocycles. The van der Waals surface area contributed by atoms with E-state index < -0.39 is 18.0 Å². The van der Waals surface area contributed by atoms with Crippen molar-refractivity contribution in [1.29, 1.82) is 0 Å². The number of aromatic amines is 1. The molecule has 1 fully saturated rings. The zero-order valence-electron chi connectivity index (χ0n) is 12.2. The molecule has 0 saturated carbocycles. The molecule has 0 radical (unpaired) electrons. The number of H-pyrrole nitrogens is 1. The van der Waals surface area contributed by atoms with Crippen LogP contribution in [0.5, 0.6) is 0 Å². The summed E-state index contributed by atoms with van der Waals surface area (Å²) in [6.07, 6.45) is 0.409. The lowest BCUT2D eigenvalue weighted by Crippen LogP contribution is -2.37. The number of nitrogens with one attached hydrogen (secondary N) is 1. The Morgan fingerprint density at radius 1 is 1.22 bits per heavy atom. The van der Waals surface area contributed by atoms with Crippen LogP contribution in [0.2, 0.25) is 0 Å². The predicted octanol–water partition coefficient (Wildman–Crippen LogP) is 2.17. The first-order valence-corrected chi connectivity index (χ1v) is 7.27. The summed E-state index contributed by atoms with van der Waals surface area (Å²) < 4.78 is 38.1. The quantitative estimate of drug-likeness (QED) is 0.903. The topological polar surface area (TPSA) is 77.9 Å². The van der Waals surface area contributed by atoms with Crippen molar-refractivity contribution < 1.29 is 18.3 Å². The molecule has 124 valence electrons. The first-order valence-electron chi connectivity index (χ1n) is 7.27. The number of alkyl halides is 3. The van der Waals surface area contributed by atoms with E-state index in [2.05, 4.69) is 19.9 Å². The Balaban J connectivity index is 1.65. The fourth-order valence-electron chi connectivity index (χ4n) is 2.74. The SMILES string of the molecule is OC(c1ncc[nH]1)C1CCN(c2nccc(C(F)(F)F)n2)CC1. The number of aliphatic hydroxyl groups excluding tert-OH is 1. The Hall–Kier alpha value is -2.16. The van der Waals surface area contributed by atoms with E-state index in [4.69, 9.17) is 0 Å². The van der Waals surface area contributed by atoms with Gasteiger partial charge in [0.05, 0.1) is 0 Å². The van der Waals surface area contributed by atoms with E-state index in [-0.39, 0.29) is 11.9 Å². The van der Waals surface area contributed by atoms with Crippen LogP contribution in [0.1, 0.15) is 30.5 Å². The first-order chi connectivity index (χ1) is 10.9. The Kier molecular flexibility index (Phi) is 4.20. The largest absolute Gasteiger partial charge is 0.433 e. The van der Waals surface area contributed by atoms with Gasteiger partial charge in [0.1, 0.15) is 17.6 Å². The van der Waals surface area contributed by atoms with Crippen LogP contribution in [0.4, 0.5) is 19.1 Å². The normalized spacial score (nSPS) is 18.2. The second-order valence-electron chi connectivity index (χ2n) is 5.48. The maximum atomic E-state index is 12.7. The molecule has 9 heteroatoms. The molecular formula is C14H16F3N5O. The van der Waals surface area contributed by atoms with Gasteiger partial charge in [0.2, 0.25) is 5.95 Å². The van der Waals surface area contributed by atoms with E-state index in [0.29, 0.717) is 31.8 Å². The Bertz CT molecular complexity index is 638. The third kappa shape index (κ3) is 3.44. The second-order valence-corrected chi connectivity index (χ2v) is 5.48. The number of piperidine rings is 1. The van der Waals surface area contributed by atoms with Crippen molar-refractivity contribution in [3.8, 4) is 0 Å². The third-order valence-corrected chi connectivity index (χ3v) is 4.00. The molecule has 1 aliphatic rings. The molecule has 1 unspecified atom stereocenters. The van der Waals surface area contributed by atoms with Gasteiger partial charge in [-0.25, -0.2) is 15.0 Å². The van der Waals surface area contributed by atoms with Crippen molar-refractivity contribution in [1.82, 2.24) is 19.9 Å². The van der Waals surface area contributed by atoms with Gasteiger partial charge in [-0.1, -0.05) is 0 Å². The number of imidazole rings is 1. The van der Waals surface area contributed by atoms with Crippen LogP contribution >= 0.6 is 0 Å². The molecule has 23 heavy (non-hydrogen) atoms. The number of halogens is 3. The monoisotopic (exact) mass is 327 g/mol. The molecule has 1 atom stereocenters. The van der Waals surface area contributed by atoms with E-state index >= 15 is 0 Å². The highest BCUT2D eigenvalue weighted by atomic mass is 19.4. The second kappa shape index (κ2) is 6.15. The summed E-state index contributed by atoms with van der Waals surface area (Å²) >= 11 is 0. The van der Waals surface area contributed by atoms with Crippen LogP contribution in [-0.4, -0.2) is 38.1 Å². The molecule has 0 aliphatic carbocycles. The van der Waals surface area contributed by atoms with Gasteiger partial charge in [-0.2, -0.15) is 13.2 Å². The van der Waals surface area contributed by atoms with Gasteiger partial charge in [0.15, 0.2) is 0 Å². The summed E-state index contributed by atoms with van der Waals surface area (Å²) in [5, 5.41) is 10.2. The predicted molar refractivity (Wildman–Crippen MR) is 75.5 cm³/mol. The standard InChI is InChI=1S/C14H16F3N5O/c15-14(16,17)10-1-4-20-13(21-10)22-7-2-9(3-8-22)11(23)12-18-5-6-19-12/h1,4-6,9,11,23H,2-3,7-8H2,(H,18,19). The minimum Gasteiger partial charge on any atom is -0.385 e. The van der Waals surface area contributed by atoms with Crippen LogP contribution in [-0.2, 0) is 6.18 Å². The lowest BCUT2D eigenvalue weighted by atomic mass is 9.91. The van der Waals surface area contributed by atoms with E-state index in [1.54, 1.807) is 17.3 Å². The Morgan fingerprint density at radius 2 is 1.96 bits per heavy atom. The maximum absolute atomic E-state index is 12.7. The molecule has 3 rings (SSSR count). The highest BCUT2D eigenvalue weighted by molar-refractivity contribution is 5.31. The van der Waals surface area contributed by atoms with E-state index in [0.717, 1.165) is 12.3 Å². The van der Waals surface area contributed by atoms with Gasteiger partial charge in [0.25, 0.3) is 0 Å². The molecule has 0 amide bonds. The van der Waals surface area contributed by atoms with Crippen molar-refractivity contribution in [3.05, 3.63) is 36.2 Å². The molecule has 2 aromatic rings. The van der Waals surface area contributed by atoms with Crippen molar-refractivity contribution >= 4 is 5.95 Å². The average molecular weight is 327 g/mol. The highest BCUT2D eigenvalue weighted by Gasteiger charge is 2.34. The highest BCUT2D eigenvalue weighted by Crippen LogP contribution is 2.31. The smallest absolute Gasteiger partial charge is 0.385 e. The molecule has 2 N–H and O–H groups in total. The van der Waals surface area contributed by atoms with Crippen molar-refractivity contribution in [3.63, 3.8) is 0 Å². The van der Waals surface area contributed by atoms with Gasteiger partial charge in [-0.05, 0) is 24.8 Å². The van der Waals surface area contributed by atoms with Crippen LogP contribution in [0, 0.1) is 5.92 Å². The summed E-state index contributed by atoms with van der Waals surface area (Å²) in [6.45, 7) is 0.980. The number of aromatic nitrogens is 4. The number of nitrogens with zero attached hydrogens (tertiary/aromatic N) is 4. The molecule has 0 spiro atoms. The minimum absolute atomic E-state index is 0.00296. The summed E-state index contributed by atoms with van der Waals surface area (Å²) in [5.74, 6) is 0.590. The fourth-order valence-corrected chi connectivity index (χ4v) is 2.74. The number of anilines is 1. The van der Waals surface area contributed by atoms with Crippen LogP contribution in [0.3, 0.4) is 0 Å². The van der Waals surface area contributed by atoms with E-state index in [9.17, 15) is 18.3 Å². The van der Waals surface area contributed by atoms with Crippen LogP contribution in [0.25, 0.3) is 0 Å². The molecule has 1 saturated heterocycles. The third-order valence-electron chi connectivity index (χ3n) is 4.00. The van der Waals surface area contributed by atoms with Crippen molar-refractivity contribution in [2.75, 3.05) is 18.0 Å². The molecule has 0 aromatic carbocycles. The van der Waals surface area contributed by atoms with Crippen LogP contribution < -0.4 is 4.90 Å². The number of hydrogen-bond donors (Lipinski definition) is 2. The summed E-state index contributed by atoms with van der Waals surface area (Å²) in [7, 11) is 0. The Labute approximate surface area is 130 Å². The van der Waals surface area contributed by atoms with Gasteiger partial charge in [-0.3, -0.25) is 0 Å². The number of aliphatic hydroxyl groups is 1. The summed E-state index contributed by atoms with van der Waals surface area (Å²) in [6, 6.07) is 0.858. The molecule has 1 aliphatic heterocycles. The van der Waals surface area contributed by atoms with Gasteiger partial charge in [0, 0.05) is 31.7 Å².